The number of likely N-dealkylation sites (tertiary alicyclic amines) is 1. The van der Waals surface area contributed by atoms with Crippen molar-refractivity contribution in [2.45, 2.75) is 89.8 Å². The highest BCUT2D eigenvalue weighted by Crippen LogP contribution is 2.80. The average molecular weight is 598 g/mol. The molecule has 1 spiro atoms. The summed E-state index contributed by atoms with van der Waals surface area (Å²) in [5.74, 6) is -2.19. The molecule has 5 saturated carbocycles. The molecular weight excluding hydrogens is 554 g/mol. The van der Waals surface area contributed by atoms with E-state index < -0.39 is 51.2 Å². The summed E-state index contributed by atoms with van der Waals surface area (Å²) in [7, 11) is -2.14. The van der Waals surface area contributed by atoms with Crippen LogP contribution in [0.4, 0.5) is 0 Å². The van der Waals surface area contributed by atoms with Gasteiger partial charge in [0.05, 0.1) is 25.1 Å². The Morgan fingerprint density at radius 1 is 1.02 bits per heavy atom. The van der Waals surface area contributed by atoms with Crippen molar-refractivity contribution in [2.24, 2.45) is 40.4 Å². The molecule has 0 unspecified atom stereocenters. The predicted octanol–water partition coefficient (Wildman–Crippen LogP) is 1.92. The number of hydrogen-bond donors (Lipinski definition) is 0. The molecule has 12 heteroatoms. The summed E-state index contributed by atoms with van der Waals surface area (Å²) < 4.78 is 55.7. The summed E-state index contributed by atoms with van der Waals surface area (Å²) in [6, 6.07) is 0.00233. The lowest BCUT2D eigenvalue weighted by molar-refractivity contribution is -0.278. The van der Waals surface area contributed by atoms with Gasteiger partial charge in [-0.3, -0.25) is 23.5 Å². The molecule has 6 fully saturated rings. The van der Waals surface area contributed by atoms with E-state index in [2.05, 4.69) is 11.8 Å². The molecule has 1 saturated heterocycles. The zero-order chi connectivity index (χ0) is 29.7. The van der Waals surface area contributed by atoms with Gasteiger partial charge in [0.2, 0.25) is 0 Å². The van der Waals surface area contributed by atoms with Gasteiger partial charge in [-0.2, -0.15) is 8.42 Å². The van der Waals surface area contributed by atoms with Crippen LogP contribution in [0.1, 0.15) is 59.8 Å². The van der Waals surface area contributed by atoms with Crippen LogP contribution in [0.2, 0.25) is 0 Å². The Kier molecular flexibility index (Phi) is 6.88. The Hall–Kier alpha value is -1.76. The Balaban J connectivity index is 1.59. The number of ether oxygens (including phenoxy) is 4. The van der Waals surface area contributed by atoms with Gasteiger partial charge >= 0.3 is 17.9 Å². The monoisotopic (exact) mass is 597 g/mol. The standard InChI is InChI=1S/C29H43NO10S/c1-7-30-13-27(14-37-15(2)31)9-8-23(36-5)29-19-10-18-21(38-16(3)32)12-28(39-17(4)33,20(26(29)30)11-22(27)29)24(19)25(18)40-41(6,34)35/h18-26H,7-14H2,1-6H3/t18-,19-,20+,21+,22-,23+,24-,25+,26-,27+,28+,29-/m1/s1. The van der Waals surface area contributed by atoms with E-state index in [1.165, 1.54) is 20.8 Å². The highest BCUT2D eigenvalue weighted by atomic mass is 32.2. The number of methoxy groups -OCH3 is 1. The number of rotatable bonds is 8. The van der Waals surface area contributed by atoms with Crippen LogP contribution >= 0.6 is 0 Å². The maximum Gasteiger partial charge on any atom is 0.303 e. The van der Waals surface area contributed by atoms with E-state index in [0.717, 1.165) is 32.2 Å². The van der Waals surface area contributed by atoms with Crippen LogP contribution in [0, 0.1) is 40.4 Å². The van der Waals surface area contributed by atoms with Crippen LogP contribution in [0.5, 0.6) is 0 Å². The first kappa shape index (κ1) is 29.3. The van der Waals surface area contributed by atoms with E-state index in [4.69, 9.17) is 23.1 Å². The molecule has 0 radical (unpaired) electrons. The lowest BCUT2D eigenvalue weighted by atomic mass is 9.43. The fourth-order valence-electron chi connectivity index (χ4n) is 11.4. The zero-order valence-electron chi connectivity index (χ0n) is 24.8. The molecular formula is C29H43NO10S. The molecule has 0 amide bonds. The van der Waals surface area contributed by atoms with Gasteiger partial charge in [0.1, 0.15) is 11.7 Å². The second kappa shape index (κ2) is 9.62. The van der Waals surface area contributed by atoms with Crippen LogP contribution in [0.3, 0.4) is 0 Å². The number of hydrogen-bond acceptors (Lipinski definition) is 11. The van der Waals surface area contributed by atoms with Crippen molar-refractivity contribution >= 4 is 28.0 Å². The van der Waals surface area contributed by atoms with Gasteiger partial charge in [-0.25, -0.2) is 0 Å². The number of carbonyl (C=O) groups is 3. The van der Waals surface area contributed by atoms with Crippen molar-refractivity contribution in [3.8, 4) is 0 Å². The molecule has 1 aliphatic heterocycles. The molecule has 0 aromatic carbocycles. The Bertz CT molecular complexity index is 1240. The molecule has 11 nitrogen and oxygen atoms in total. The summed E-state index contributed by atoms with van der Waals surface area (Å²) in [6.07, 6.45) is 2.67. The molecule has 6 rings (SSSR count). The number of piperidine rings is 1. The van der Waals surface area contributed by atoms with Crippen molar-refractivity contribution in [1.29, 1.82) is 0 Å². The normalized spacial score (nSPS) is 47.5. The van der Waals surface area contributed by atoms with Crippen molar-refractivity contribution in [1.82, 2.24) is 4.90 Å². The van der Waals surface area contributed by atoms with Gasteiger partial charge in [0.25, 0.3) is 10.1 Å². The van der Waals surface area contributed by atoms with Crippen molar-refractivity contribution in [3.63, 3.8) is 0 Å². The van der Waals surface area contributed by atoms with Crippen LogP contribution in [-0.4, -0.2) is 94.2 Å². The predicted molar refractivity (Wildman–Crippen MR) is 144 cm³/mol. The molecule has 0 aromatic rings. The second-order valence-corrected chi connectivity index (χ2v) is 15.1. The first-order chi connectivity index (χ1) is 19.2. The maximum absolute atomic E-state index is 12.9. The quantitative estimate of drug-likeness (QED) is 0.231. The first-order valence-electron chi connectivity index (χ1n) is 14.9. The van der Waals surface area contributed by atoms with Gasteiger partial charge in [-0.05, 0) is 44.1 Å². The molecule has 0 N–H and O–H groups in total. The third-order valence-electron chi connectivity index (χ3n) is 11.9. The Morgan fingerprint density at radius 3 is 2.34 bits per heavy atom. The number of carbonyl (C=O) groups excluding carboxylic acids is 3. The van der Waals surface area contributed by atoms with Crippen molar-refractivity contribution in [3.05, 3.63) is 0 Å². The smallest absolute Gasteiger partial charge is 0.303 e. The van der Waals surface area contributed by atoms with E-state index in [1.54, 1.807) is 7.11 Å². The minimum absolute atomic E-state index is 0.00233. The second-order valence-electron chi connectivity index (χ2n) is 13.5. The SMILES string of the molecule is CCN1C[C@]2(COC(C)=O)CC[C@H](OC)[C@@]34[C@@H]5C[C@H]6[C@H](OS(C)(=O)=O)[C@@H]5[C@](OC(C)=O)(C[C@@H]6OC(C)=O)[C@@H](C[C@H]23)[C@@H]14. The van der Waals surface area contributed by atoms with Gasteiger partial charge in [-0.15, -0.1) is 0 Å². The summed E-state index contributed by atoms with van der Waals surface area (Å²) in [6.45, 7) is 8.12. The van der Waals surface area contributed by atoms with E-state index >= 15 is 0 Å². The molecule has 12 atom stereocenters. The third kappa shape index (κ3) is 3.99. The van der Waals surface area contributed by atoms with Gasteiger partial charge < -0.3 is 18.9 Å². The minimum atomic E-state index is -3.89. The maximum atomic E-state index is 12.9. The number of nitrogens with zero attached hydrogens (tertiary/aromatic N) is 1. The van der Waals surface area contributed by atoms with E-state index in [9.17, 15) is 22.8 Å². The van der Waals surface area contributed by atoms with Gasteiger partial charge in [0, 0.05) is 75.5 Å². The van der Waals surface area contributed by atoms with Crippen LogP contribution in [0.25, 0.3) is 0 Å². The van der Waals surface area contributed by atoms with Crippen molar-refractivity contribution in [2.75, 3.05) is 33.1 Å². The summed E-state index contributed by atoms with van der Waals surface area (Å²) in [5.41, 5.74) is -1.80. The largest absolute Gasteiger partial charge is 0.465 e. The van der Waals surface area contributed by atoms with Crippen molar-refractivity contribution < 1.29 is 45.9 Å². The molecule has 41 heavy (non-hydrogen) atoms. The zero-order valence-corrected chi connectivity index (χ0v) is 25.6. The molecule has 0 aromatic heterocycles. The molecule has 6 aliphatic rings. The van der Waals surface area contributed by atoms with E-state index in [1.807, 2.05) is 0 Å². The summed E-state index contributed by atoms with van der Waals surface area (Å²) >= 11 is 0. The topological polar surface area (TPSA) is 135 Å². The lowest BCUT2D eigenvalue weighted by Crippen LogP contribution is -2.77. The molecule has 5 aliphatic carbocycles. The highest BCUT2D eigenvalue weighted by molar-refractivity contribution is 7.86. The van der Waals surface area contributed by atoms with Gasteiger partial charge in [0.15, 0.2) is 0 Å². The average Bonchev–Trinajstić information content (AvgIpc) is 3.29. The Morgan fingerprint density at radius 2 is 1.76 bits per heavy atom. The minimum Gasteiger partial charge on any atom is -0.465 e. The molecule has 7 bridgehead atoms. The van der Waals surface area contributed by atoms with E-state index in [0.29, 0.717) is 25.9 Å². The third-order valence-corrected chi connectivity index (χ3v) is 12.4. The Labute approximate surface area is 242 Å². The fraction of sp³-hybridized carbons (Fsp3) is 0.897. The fourth-order valence-corrected chi connectivity index (χ4v) is 12.1. The number of fused-ring (bicyclic) bond motifs is 2. The van der Waals surface area contributed by atoms with Gasteiger partial charge in [-0.1, -0.05) is 6.92 Å². The number of esters is 3. The lowest BCUT2D eigenvalue weighted by Gasteiger charge is -2.69. The van der Waals surface area contributed by atoms with Crippen LogP contribution in [-0.2, 0) is 47.6 Å². The highest BCUT2D eigenvalue weighted by Gasteiger charge is 2.85. The summed E-state index contributed by atoms with van der Waals surface area (Å²) in [5, 5.41) is 0. The van der Waals surface area contributed by atoms with Crippen LogP contribution < -0.4 is 0 Å². The first-order valence-corrected chi connectivity index (χ1v) is 16.7. The van der Waals surface area contributed by atoms with Crippen LogP contribution in [0.15, 0.2) is 0 Å². The molecule has 1 heterocycles. The molecule has 230 valence electrons. The van der Waals surface area contributed by atoms with E-state index in [-0.39, 0.29) is 47.2 Å². The summed E-state index contributed by atoms with van der Waals surface area (Å²) in [4.78, 5) is 39.8.